The van der Waals surface area contributed by atoms with Crippen LogP contribution in [0.15, 0.2) is 73.1 Å². The maximum Gasteiger partial charge on any atom is 0.250 e. The molecule has 2 aromatic carbocycles. The number of carbonyl (C=O) groups excluding carboxylic acids is 1. The Kier molecular flexibility index (Phi) is 5.00. The molecule has 4 aromatic rings. The number of carbonyl (C=O) groups is 1. The van der Waals surface area contributed by atoms with Gasteiger partial charge in [0.25, 0.3) is 0 Å². The molecule has 28 heavy (non-hydrogen) atoms. The summed E-state index contributed by atoms with van der Waals surface area (Å²) in [6.07, 6.45) is 3.48. The summed E-state index contributed by atoms with van der Waals surface area (Å²) in [5.74, 6) is 0.0559. The average Bonchev–Trinajstić information content (AvgIpc) is 3.14. The molecule has 0 radical (unpaired) electrons. The van der Waals surface area contributed by atoms with Gasteiger partial charge in [-0.25, -0.2) is 4.98 Å². The van der Waals surface area contributed by atoms with E-state index in [1.54, 1.807) is 0 Å². The third-order valence-corrected chi connectivity index (χ3v) is 5.09. The molecule has 0 fully saturated rings. The van der Waals surface area contributed by atoms with E-state index in [9.17, 15) is 4.79 Å². The number of hydrogen-bond acceptors (Lipinski definition) is 3. The first kappa shape index (κ1) is 18.1. The minimum Gasteiger partial charge on any atom is -0.368 e. The number of amides is 1. The van der Waals surface area contributed by atoms with Gasteiger partial charge in [0.05, 0.1) is 10.6 Å². The molecule has 4 rings (SSSR count). The number of nitrogens with zero attached hydrogens (tertiary/aromatic N) is 1. The lowest BCUT2D eigenvalue weighted by Crippen LogP contribution is -2.16. The van der Waals surface area contributed by atoms with E-state index in [-0.39, 0.29) is 11.5 Å². The van der Waals surface area contributed by atoms with Crippen LogP contribution in [0.2, 0.25) is 5.02 Å². The Morgan fingerprint density at radius 3 is 2.64 bits per heavy atom. The first-order valence-corrected chi connectivity index (χ1v) is 9.31. The Morgan fingerprint density at radius 2 is 1.89 bits per heavy atom. The number of para-hydroxylation sites is 1. The van der Waals surface area contributed by atoms with Crippen molar-refractivity contribution in [3.63, 3.8) is 0 Å². The predicted molar refractivity (Wildman–Crippen MR) is 113 cm³/mol. The number of halogens is 1. The summed E-state index contributed by atoms with van der Waals surface area (Å²) >= 11 is 6.28. The van der Waals surface area contributed by atoms with E-state index < -0.39 is 5.91 Å². The van der Waals surface area contributed by atoms with Crippen LogP contribution in [-0.4, -0.2) is 22.4 Å². The molecule has 4 N–H and O–H groups in total. The first-order chi connectivity index (χ1) is 13.6. The molecule has 1 amide bonds. The van der Waals surface area contributed by atoms with Gasteiger partial charge in [-0.05, 0) is 23.3 Å². The van der Waals surface area contributed by atoms with E-state index in [1.165, 1.54) is 28.8 Å². The van der Waals surface area contributed by atoms with Crippen molar-refractivity contribution >= 4 is 34.2 Å². The summed E-state index contributed by atoms with van der Waals surface area (Å²) in [4.78, 5) is 18.9. The highest BCUT2D eigenvalue weighted by Crippen LogP contribution is 2.31. The summed E-state index contributed by atoms with van der Waals surface area (Å²) in [5.41, 5.74) is 9.05. The maximum atomic E-state index is 11.3. The van der Waals surface area contributed by atoms with Crippen LogP contribution in [0.1, 0.15) is 27.4 Å². The minimum absolute atomic E-state index is 0.0889. The van der Waals surface area contributed by atoms with Gasteiger partial charge >= 0.3 is 0 Å². The molecule has 5 nitrogen and oxygen atoms in total. The molecule has 0 saturated heterocycles. The number of pyridine rings is 1. The third kappa shape index (κ3) is 3.57. The molecular formula is C22H19ClN4O. The molecule has 0 saturated carbocycles. The van der Waals surface area contributed by atoms with E-state index >= 15 is 0 Å². The van der Waals surface area contributed by atoms with Gasteiger partial charge in [-0.15, -0.1) is 0 Å². The molecule has 1 unspecified atom stereocenters. The van der Waals surface area contributed by atoms with Crippen LogP contribution in [0.4, 0.5) is 5.82 Å². The van der Waals surface area contributed by atoms with E-state index in [4.69, 9.17) is 17.3 Å². The molecule has 0 aliphatic heterocycles. The molecule has 1 atom stereocenters. The molecule has 6 heteroatoms. The van der Waals surface area contributed by atoms with Gasteiger partial charge in [0.15, 0.2) is 0 Å². The van der Waals surface area contributed by atoms with Crippen LogP contribution in [-0.2, 0) is 0 Å². The van der Waals surface area contributed by atoms with E-state index in [1.807, 2.05) is 30.3 Å². The maximum absolute atomic E-state index is 11.3. The number of nitrogens with one attached hydrogen (secondary N) is 2. The normalized spacial score (nSPS) is 12.0. The molecule has 0 spiro atoms. The van der Waals surface area contributed by atoms with Crippen molar-refractivity contribution in [2.75, 3.05) is 11.9 Å². The second-order valence-corrected chi connectivity index (χ2v) is 6.96. The van der Waals surface area contributed by atoms with Gasteiger partial charge in [0.2, 0.25) is 5.91 Å². The van der Waals surface area contributed by atoms with Crippen molar-refractivity contribution in [3.8, 4) is 0 Å². The smallest absolute Gasteiger partial charge is 0.250 e. The lowest BCUT2D eigenvalue weighted by molar-refractivity contribution is 0.1000. The molecule has 140 valence electrons. The molecule has 2 heterocycles. The Bertz CT molecular complexity index is 1120. The number of fused-ring (bicyclic) bond motifs is 1. The van der Waals surface area contributed by atoms with Crippen LogP contribution in [0.3, 0.4) is 0 Å². The lowest BCUT2D eigenvalue weighted by atomic mass is 9.91. The van der Waals surface area contributed by atoms with Gasteiger partial charge in [-0.2, -0.15) is 0 Å². The molecule has 2 aromatic heterocycles. The van der Waals surface area contributed by atoms with Crippen molar-refractivity contribution in [2.45, 2.75) is 5.92 Å². The number of rotatable bonds is 6. The summed E-state index contributed by atoms with van der Waals surface area (Å²) in [6.45, 7) is 0.592. The Labute approximate surface area is 167 Å². The van der Waals surface area contributed by atoms with E-state index in [0.717, 1.165) is 5.52 Å². The van der Waals surface area contributed by atoms with Crippen molar-refractivity contribution in [1.82, 2.24) is 9.97 Å². The fourth-order valence-corrected chi connectivity index (χ4v) is 3.61. The van der Waals surface area contributed by atoms with Crippen LogP contribution < -0.4 is 11.1 Å². The summed E-state index contributed by atoms with van der Waals surface area (Å²) < 4.78 is 0. The number of benzene rings is 2. The summed E-state index contributed by atoms with van der Waals surface area (Å²) in [6, 6.07) is 20.1. The van der Waals surface area contributed by atoms with Crippen molar-refractivity contribution in [3.05, 3.63) is 94.8 Å². The van der Waals surface area contributed by atoms with Crippen LogP contribution in [0.5, 0.6) is 0 Å². The number of nitrogens with two attached hydrogens (primary N) is 1. The minimum atomic E-state index is -0.554. The van der Waals surface area contributed by atoms with Gasteiger partial charge in [-0.1, -0.05) is 60.1 Å². The van der Waals surface area contributed by atoms with Crippen molar-refractivity contribution in [2.24, 2.45) is 5.73 Å². The second-order valence-electron chi connectivity index (χ2n) is 6.55. The zero-order valence-corrected chi connectivity index (χ0v) is 15.8. The fraction of sp³-hybridized carbons (Fsp3) is 0.0909. The van der Waals surface area contributed by atoms with Crippen LogP contribution >= 0.6 is 11.6 Å². The van der Waals surface area contributed by atoms with Crippen molar-refractivity contribution < 1.29 is 4.79 Å². The van der Waals surface area contributed by atoms with E-state index in [0.29, 0.717) is 17.4 Å². The monoisotopic (exact) mass is 390 g/mol. The number of hydrogen-bond donors (Lipinski definition) is 3. The average molecular weight is 391 g/mol. The summed E-state index contributed by atoms with van der Waals surface area (Å²) in [5, 5.41) is 4.87. The summed E-state index contributed by atoms with van der Waals surface area (Å²) in [7, 11) is 0. The van der Waals surface area contributed by atoms with Crippen LogP contribution in [0.25, 0.3) is 10.9 Å². The Balaban J connectivity index is 1.67. The first-order valence-electron chi connectivity index (χ1n) is 8.93. The molecular weight excluding hydrogens is 372 g/mol. The van der Waals surface area contributed by atoms with Gasteiger partial charge in [-0.3, -0.25) is 4.79 Å². The third-order valence-electron chi connectivity index (χ3n) is 4.80. The largest absolute Gasteiger partial charge is 0.368 e. The topological polar surface area (TPSA) is 83.8 Å². The standard InChI is InChI=1S/C22H19ClN4O/c23-19-10-15(21(24)28)11-26-22(19)27-12-17(14-6-2-1-3-7-14)18-13-25-20-9-5-4-8-16(18)20/h1-11,13,17,25H,12H2,(H2,24,28)(H,26,27). The van der Waals surface area contributed by atoms with Crippen LogP contribution in [0, 0.1) is 0 Å². The van der Waals surface area contributed by atoms with Crippen molar-refractivity contribution in [1.29, 1.82) is 0 Å². The highest BCUT2D eigenvalue weighted by molar-refractivity contribution is 6.33. The quantitative estimate of drug-likeness (QED) is 0.451. The predicted octanol–water partition coefficient (Wildman–Crippen LogP) is 4.56. The number of aromatic nitrogens is 2. The van der Waals surface area contributed by atoms with Gasteiger partial charge in [0, 0.05) is 35.8 Å². The zero-order valence-electron chi connectivity index (χ0n) is 15.0. The van der Waals surface area contributed by atoms with Gasteiger partial charge < -0.3 is 16.0 Å². The fourth-order valence-electron chi connectivity index (χ4n) is 3.38. The lowest BCUT2D eigenvalue weighted by Gasteiger charge is -2.19. The SMILES string of the molecule is NC(=O)c1cnc(NCC(c2ccccc2)c2c[nH]c3ccccc23)c(Cl)c1. The van der Waals surface area contributed by atoms with E-state index in [2.05, 4.69) is 45.7 Å². The number of anilines is 1. The highest BCUT2D eigenvalue weighted by atomic mass is 35.5. The van der Waals surface area contributed by atoms with Gasteiger partial charge in [0.1, 0.15) is 5.82 Å². The highest BCUT2D eigenvalue weighted by Gasteiger charge is 2.19. The zero-order chi connectivity index (χ0) is 19.5. The second kappa shape index (κ2) is 7.74. The number of primary amides is 1. The Morgan fingerprint density at radius 1 is 1.14 bits per heavy atom. The number of H-pyrrole nitrogens is 1. The molecule has 0 bridgehead atoms. The number of aromatic amines is 1. The molecule has 0 aliphatic carbocycles. The Hall–Kier alpha value is -3.31. The molecule has 0 aliphatic rings.